The average Bonchev–Trinajstić information content (AvgIpc) is 3.01. The van der Waals surface area contributed by atoms with E-state index in [-0.39, 0.29) is 43.7 Å². The molecule has 0 spiro atoms. The lowest BCUT2D eigenvalue weighted by Gasteiger charge is -2.12. The second-order valence-corrected chi connectivity index (χ2v) is 7.35. The lowest BCUT2D eigenvalue weighted by molar-refractivity contribution is -0.125. The summed E-state index contributed by atoms with van der Waals surface area (Å²) >= 11 is 3.36. The summed E-state index contributed by atoms with van der Waals surface area (Å²) in [5.74, 6) is -0.798. The Labute approximate surface area is 175 Å². The molecule has 29 heavy (non-hydrogen) atoms. The van der Waals surface area contributed by atoms with Gasteiger partial charge in [-0.25, -0.2) is 4.79 Å². The molecular weight excluding hydrogens is 440 g/mol. The Morgan fingerprint density at radius 2 is 1.52 bits per heavy atom. The molecule has 0 aromatic heterocycles. The van der Waals surface area contributed by atoms with Gasteiger partial charge in [0.25, 0.3) is 0 Å². The number of hydrogen-bond donors (Lipinski definition) is 3. The van der Waals surface area contributed by atoms with Gasteiger partial charge in [-0.3, -0.25) is 19.3 Å². The van der Waals surface area contributed by atoms with Crippen LogP contribution in [0.1, 0.15) is 12.0 Å². The number of nitrogens with zero attached hydrogens (tertiary/aromatic N) is 1. The molecule has 1 aliphatic heterocycles. The first-order valence-electron chi connectivity index (χ1n) is 8.93. The van der Waals surface area contributed by atoms with E-state index < -0.39 is 6.03 Å². The third kappa shape index (κ3) is 5.89. The van der Waals surface area contributed by atoms with E-state index in [0.717, 1.165) is 14.9 Å². The number of benzene rings is 2. The first-order valence-corrected chi connectivity index (χ1v) is 9.72. The van der Waals surface area contributed by atoms with Gasteiger partial charge in [-0.2, -0.15) is 0 Å². The van der Waals surface area contributed by atoms with Crippen molar-refractivity contribution in [3.05, 3.63) is 58.6 Å². The van der Waals surface area contributed by atoms with Crippen LogP contribution < -0.4 is 16.0 Å². The Hall–Kier alpha value is -3.20. The normalized spacial score (nSPS) is 13.2. The van der Waals surface area contributed by atoms with Crippen molar-refractivity contribution in [2.24, 2.45) is 0 Å². The molecule has 5 amide bonds. The molecule has 0 aliphatic carbocycles. The van der Waals surface area contributed by atoms with Crippen LogP contribution in [-0.4, -0.2) is 41.7 Å². The molecule has 0 radical (unpaired) electrons. The number of urea groups is 1. The van der Waals surface area contributed by atoms with E-state index in [1.165, 1.54) is 0 Å². The molecule has 3 rings (SSSR count). The van der Waals surface area contributed by atoms with Gasteiger partial charge in [0.05, 0.1) is 13.0 Å². The van der Waals surface area contributed by atoms with Gasteiger partial charge in [0, 0.05) is 28.8 Å². The molecule has 0 unspecified atom stereocenters. The molecule has 1 saturated heterocycles. The zero-order valence-electron chi connectivity index (χ0n) is 15.4. The van der Waals surface area contributed by atoms with E-state index in [1.54, 1.807) is 24.3 Å². The summed E-state index contributed by atoms with van der Waals surface area (Å²) < 4.78 is 0.953. The van der Waals surface area contributed by atoms with Crippen LogP contribution in [0.2, 0.25) is 0 Å². The van der Waals surface area contributed by atoms with Crippen molar-refractivity contribution in [1.29, 1.82) is 0 Å². The van der Waals surface area contributed by atoms with Crippen LogP contribution in [-0.2, 0) is 20.8 Å². The van der Waals surface area contributed by atoms with Gasteiger partial charge >= 0.3 is 6.03 Å². The number of imide groups is 1. The maximum absolute atomic E-state index is 12.1. The number of amides is 5. The third-order valence-electron chi connectivity index (χ3n) is 4.23. The van der Waals surface area contributed by atoms with Crippen molar-refractivity contribution in [3.8, 4) is 0 Å². The smallest absolute Gasteiger partial charge is 0.324 e. The Morgan fingerprint density at radius 1 is 0.931 bits per heavy atom. The topological polar surface area (TPSA) is 108 Å². The number of halogens is 1. The predicted octanol–water partition coefficient (Wildman–Crippen LogP) is 2.51. The quantitative estimate of drug-likeness (QED) is 0.553. The Balaban J connectivity index is 1.46. The van der Waals surface area contributed by atoms with E-state index in [9.17, 15) is 19.2 Å². The summed E-state index contributed by atoms with van der Waals surface area (Å²) in [7, 11) is 0. The zero-order valence-corrected chi connectivity index (χ0v) is 17.0. The lowest BCUT2D eigenvalue weighted by atomic mass is 10.1. The molecule has 1 fully saturated rings. The standard InChI is InChI=1S/C20H19BrN4O4/c21-14-3-1-13(2-4-14)11-18(27)24-16-7-5-15(6-8-16)23-17(26)9-10-25-19(28)12-22-20(25)29/h1-8H,9-12H2,(H,22,29)(H,23,26)(H,24,27). The van der Waals surface area contributed by atoms with Gasteiger partial charge < -0.3 is 16.0 Å². The summed E-state index contributed by atoms with van der Waals surface area (Å²) in [5.41, 5.74) is 2.07. The monoisotopic (exact) mass is 458 g/mol. The minimum atomic E-state index is -0.481. The van der Waals surface area contributed by atoms with Crippen molar-refractivity contribution in [2.75, 3.05) is 23.7 Å². The Morgan fingerprint density at radius 3 is 2.07 bits per heavy atom. The number of anilines is 2. The highest BCUT2D eigenvalue weighted by atomic mass is 79.9. The lowest BCUT2D eigenvalue weighted by Crippen LogP contribution is -2.33. The molecular formula is C20H19BrN4O4. The van der Waals surface area contributed by atoms with E-state index >= 15 is 0 Å². The van der Waals surface area contributed by atoms with Crippen LogP contribution in [0, 0.1) is 0 Å². The van der Waals surface area contributed by atoms with Gasteiger partial charge in [-0.1, -0.05) is 28.1 Å². The first-order chi connectivity index (χ1) is 13.9. The third-order valence-corrected chi connectivity index (χ3v) is 4.76. The number of hydrogen-bond acceptors (Lipinski definition) is 4. The van der Waals surface area contributed by atoms with Crippen molar-refractivity contribution < 1.29 is 19.2 Å². The first kappa shape index (κ1) is 20.5. The van der Waals surface area contributed by atoms with E-state index in [1.807, 2.05) is 24.3 Å². The fraction of sp³-hybridized carbons (Fsp3) is 0.200. The van der Waals surface area contributed by atoms with Gasteiger partial charge in [-0.15, -0.1) is 0 Å². The maximum atomic E-state index is 12.1. The second kappa shape index (κ2) is 9.33. The van der Waals surface area contributed by atoms with Crippen LogP contribution >= 0.6 is 15.9 Å². The van der Waals surface area contributed by atoms with E-state index in [4.69, 9.17) is 0 Å². The summed E-state index contributed by atoms with van der Waals surface area (Å²) in [4.78, 5) is 48.1. The molecule has 150 valence electrons. The highest BCUT2D eigenvalue weighted by Crippen LogP contribution is 2.15. The minimum absolute atomic E-state index is 0.00480. The van der Waals surface area contributed by atoms with Crippen molar-refractivity contribution in [1.82, 2.24) is 10.2 Å². The van der Waals surface area contributed by atoms with E-state index in [0.29, 0.717) is 11.4 Å². The van der Waals surface area contributed by atoms with Crippen molar-refractivity contribution in [3.63, 3.8) is 0 Å². The van der Waals surface area contributed by atoms with Crippen LogP contribution in [0.25, 0.3) is 0 Å². The molecule has 0 saturated carbocycles. The Kier molecular flexibility index (Phi) is 6.61. The molecule has 0 bridgehead atoms. The number of rotatable bonds is 7. The summed E-state index contributed by atoms with van der Waals surface area (Å²) in [6, 6.07) is 13.7. The zero-order chi connectivity index (χ0) is 20.8. The molecule has 3 N–H and O–H groups in total. The van der Waals surface area contributed by atoms with Crippen LogP contribution in [0.5, 0.6) is 0 Å². The van der Waals surface area contributed by atoms with Gasteiger partial charge in [0.1, 0.15) is 0 Å². The van der Waals surface area contributed by atoms with Crippen LogP contribution in [0.4, 0.5) is 16.2 Å². The summed E-state index contributed by atoms with van der Waals surface area (Å²) in [6.07, 6.45) is 0.263. The molecule has 8 nitrogen and oxygen atoms in total. The highest BCUT2D eigenvalue weighted by Gasteiger charge is 2.28. The van der Waals surface area contributed by atoms with Crippen molar-refractivity contribution in [2.45, 2.75) is 12.8 Å². The van der Waals surface area contributed by atoms with Crippen molar-refractivity contribution >= 4 is 51.1 Å². The van der Waals surface area contributed by atoms with Crippen LogP contribution in [0.3, 0.4) is 0 Å². The van der Waals surface area contributed by atoms with Gasteiger partial charge in [0.2, 0.25) is 17.7 Å². The summed E-state index contributed by atoms with van der Waals surface area (Å²) in [6.45, 7) is -0.00382. The molecule has 9 heteroatoms. The van der Waals surface area contributed by atoms with Crippen LogP contribution in [0.15, 0.2) is 53.0 Å². The average molecular weight is 459 g/mol. The summed E-state index contributed by atoms with van der Waals surface area (Å²) in [5, 5.41) is 7.90. The molecule has 1 heterocycles. The molecule has 1 aliphatic rings. The second-order valence-electron chi connectivity index (χ2n) is 6.43. The Bertz CT molecular complexity index is 913. The molecule has 2 aromatic carbocycles. The maximum Gasteiger partial charge on any atom is 0.324 e. The molecule has 0 atom stereocenters. The highest BCUT2D eigenvalue weighted by molar-refractivity contribution is 9.10. The van der Waals surface area contributed by atoms with Gasteiger partial charge in [0.15, 0.2) is 0 Å². The van der Waals surface area contributed by atoms with E-state index in [2.05, 4.69) is 31.9 Å². The SMILES string of the molecule is O=C(CCN1C(=O)CNC1=O)Nc1ccc(NC(=O)Cc2ccc(Br)cc2)cc1. The number of nitrogens with one attached hydrogen (secondary N) is 3. The number of carbonyl (C=O) groups is 4. The molecule has 2 aromatic rings. The fourth-order valence-electron chi connectivity index (χ4n) is 2.75. The number of carbonyl (C=O) groups excluding carboxylic acids is 4. The minimum Gasteiger partial charge on any atom is -0.329 e. The fourth-order valence-corrected chi connectivity index (χ4v) is 3.01. The predicted molar refractivity (Wildman–Crippen MR) is 111 cm³/mol. The van der Waals surface area contributed by atoms with Gasteiger partial charge in [-0.05, 0) is 42.0 Å². The largest absolute Gasteiger partial charge is 0.329 e.